The lowest BCUT2D eigenvalue weighted by Crippen LogP contribution is -2.40. The molecule has 0 radical (unpaired) electrons. The van der Waals surface area contributed by atoms with Gasteiger partial charge in [-0.25, -0.2) is 4.99 Å². The van der Waals surface area contributed by atoms with E-state index in [0.717, 1.165) is 33.3 Å². The number of hydrogen-bond donors (Lipinski definition) is 1. The Labute approximate surface area is 280 Å². The number of allylic oxidation sites excluding steroid dienone is 1. The maximum atomic E-state index is 14.4. The van der Waals surface area contributed by atoms with Crippen molar-refractivity contribution in [3.63, 3.8) is 0 Å². The molecule has 0 bridgehead atoms. The second-order valence-electron chi connectivity index (χ2n) is 11.3. The third kappa shape index (κ3) is 6.05. The van der Waals surface area contributed by atoms with Crippen LogP contribution in [0.3, 0.4) is 0 Å². The maximum absolute atomic E-state index is 14.4. The summed E-state index contributed by atoms with van der Waals surface area (Å²) in [5.41, 5.74) is 5.32. The van der Waals surface area contributed by atoms with Crippen LogP contribution in [0.25, 0.3) is 17.0 Å². The fourth-order valence-corrected chi connectivity index (χ4v) is 7.17. The summed E-state index contributed by atoms with van der Waals surface area (Å²) in [4.78, 5) is 33.6. The summed E-state index contributed by atoms with van der Waals surface area (Å²) in [7, 11) is 0. The summed E-state index contributed by atoms with van der Waals surface area (Å²) in [6, 6.07) is 32.1. The van der Waals surface area contributed by atoms with E-state index in [1.807, 2.05) is 111 Å². The molecule has 4 aromatic carbocycles. The average molecular weight is 659 g/mol. The number of anilines is 1. The quantitative estimate of drug-likeness (QED) is 0.193. The molecule has 1 amide bonds. The summed E-state index contributed by atoms with van der Waals surface area (Å²) in [6.07, 6.45) is 4.01. The highest BCUT2D eigenvalue weighted by molar-refractivity contribution is 7.07. The van der Waals surface area contributed by atoms with Gasteiger partial charge in [0.15, 0.2) is 4.80 Å². The van der Waals surface area contributed by atoms with E-state index >= 15 is 0 Å². The number of thiazole rings is 1. The molecule has 0 fully saturated rings. The number of benzene rings is 4. The molecule has 0 aliphatic carbocycles. The summed E-state index contributed by atoms with van der Waals surface area (Å²) in [5.74, 6) is 0.408. The Hall–Kier alpha value is -5.18. The number of nitrogens with zero attached hydrogens (tertiary/aromatic N) is 3. The van der Waals surface area contributed by atoms with Crippen molar-refractivity contribution in [3.8, 4) is 5.75 Å². The number of carbonyl (C=O) groups excluding carboxylic acids is 1. The number of ether oxygens (including phenoxy) is 1. The molecule has 9 heteroatoms. The number of halogens is 1. The van der Waals surface area contributed by atoms with Crippen LogP contribution in [-0.4, -0.2) is 21.6 Å². The second kappa shape index (κ2) is 12.9. The summed E-state index contributed by atoms with van der Waals surface area (Å²) in [5, 5.41) is 4.74. The van der Waals surface area contributed by atoms with Gasteiger partial charge in [0.05, 0.1) is 28.5 Å². The molecular weight excluding hydrogens is 628 g/mol. The number of nitrogens with one attached hydrogen (secondary N) is 1. The van der Waals surface area contributed by atoms with Gasteiger partial charge in [-0.3, -0.25) is 14.2 Å². The minimum absolute atomic E-state index is 0.209. The predicted molar refractivity (Wildman–Crippen MR) is 189 cm³/mol. The van der Waals surface area contributed by atoms with Gasteiger partial charge in [0.2, 0.25) is 0 Å². The SMILES string of the molecule is CCOc1ccc([C@@H]2C(C(=O)Nc3ccccc3)=C(C)N=c3s/c(=C/c4cn(Cc5ccc(Cl)cc5)c5ccccc45)c(=O)n32)cc1. The van der Waals surface area contributed by atoms with Crippen molar-refractivity contribution in [1.82, 2.24) is 9.13 Å². The molecule has 7 nitrogen and oxygen atoms in total. The first-order valence-electron chi connectivity index (χ1n) is 15.3. The van der Waals surface area contributed by atoms with Crippen LogP contribution in [0.5, 0.6) is 5.75 Å². The van der Waals surface area contributed by atoms with Gasteiger partial charge in [0.25, 0.3) is 11.5 Å². The highest BCUT2D eigenvalue weighted by Gasteiger charge is 2.32. The predicted octanol–water partition coefficient (Wildman–Crippen LogP) is 6.93. The molecule has 3 heterocycles. The normalized spacial score (nSPS) is 14.6. The standard InChI is InChI=1S/C38H31ClN4O3S/c1-3-46-30-19-15-26(16-20-30)35-34(36(44)41-29-9-5-4-6-10-29)24(2)40-38-43(35)37(45)33(47-38)21-27-23-42(32-12-8-7-11-31(27)32)22-25-13-17-28(39)18-14-25/h4-21,23,35H,3,22H2,1-2H3,(H,41,44)/b33-21+/t35-/m1/s1. The Morgan fingerprint density at radius 1 is 0.979 bits per heavy atom. The molecule has 0 spiro atoms. The van der Waals surface area contributed by atoms with Crippen LogP contribution in [0.4, 0.5) is 5.69 Å². The average Bonchev–Trinajstić information content (AvgIpc) is 3.58. The number of hydrogen-bond acceptors (Lipinski definition) is 5. The van der Waals surface area contributed by atoms with Crippen molar-refractivity contribution in [2.75, 3.05) is 11.9 Å². The molecule has 1 N–H and O–H groups in total. The molecule has 7 rings (SSSR count). The zero-order valence-electron chi connectivity index (χ0n) is 25.8. The molecule has 6 aromatic rings. The van der Waals surface area contributed by atoms with Crippen LogP contribution < -0.4 is 24.9 Å². The number of aromatic nitrogens is 2. The van der Waals surface area contributed by atoms with E-state index in [-0.39, 0.29) is 11.5 Å². The zero-order chi connectivity index (χ0) is 32.5. The molecule has 0 unspecified atom stereocenters. The third-order valence-corrected chi connectivity index (χ3v) is 9.41. The lowest BCUT2D eigenvalue weighted by Gasteiger charge is -2.25. The van der Waals surface area contributed by atoms with Crippen molar-refractivity contribution in [2.24, 2.45) is 4.99 Å². The smallest absolute Gasteiger partial charge is 0.271 e. The van der Waals surface area contributed by atoms with Crippen molar-refractivity contribution in [1.29, 1.82) is 0 Å². The van der Waals surface area contributed by atoms with Gasteiger partial charge in [-0.1, -0.05) is 83.6 Å². The summed E-state index contributed by atoms with van der Waals surface area (Å²) < 4.78 is 10.0. The molecule has 2 aromatic heterocycles. The Kier molecular flexibility index (Phi) is 8.37. The van der Waals surface area contributed by atoms with Crippen LogP contribution in [0.15, 0.2) is 130 Å². The van der Waals surface area contributed by atoms with E-state index < -0.39 is 6.04 Å². The Morgan fingerprint density at radius 2 is 1.70 bits per heavy atom. The highest BCUT2D eigenvalue weighted by atomic mass is 35.5. The first-order valence-corrected chi connectivity index (χ1v) is 16.5. The van der Waals surface area contributed by atoms with Crippen LogP contribution in [-0.2, 0) is 11.3 Å². The first-order chi connectivity index (χ1) is 22.9. The summed E-state index contributed by atoms with van der Waals surface area (Å²) in [6.45, 7) is 4.94. The minimum atomic E-state index is -0.681. The molecule has 0 saturated carbocycles. The number of para-hydroxylation sites is 2. The van der Waals surface area contributed by atoms with E-state index in [2.05, 4.69) is 28.2 Å². The van der Waals surface area contributed by atoms with Gasteiger partial charge in [-0.2, -0.15) is 0 Å². The van der Waals surface area contributed by atoms with Crippen LogP contribution >= 0.6 is 22.9 Å². The summed E-state index contributed by atoms with van der Waals surface area (Å²) >= 11 is 7.45. The van der Waals surface area contributed by atoms with Gasteiger partial charge < -0.3 is 14.6 Å². The molecule has 1 aliphatic heterocycles. The van der Waals surface area contributed by atoms with E-state index in [1.54, 1.807) is 4.57 Å². The van der Waals surface area contributed by atoms with Crippen LogP contribution in [0.2, 0.25) is 5.02 Å². The van der Waals surface area contributed by atoms with Gasteiger partial charge in [-0.15, -0.1) is 0 Å². The Bertz CT molecular complexity index is 2320. The molecule has 47 heavy (non-hydrogen) atoms. The van der Waals surface area contributed by atoms with E-state index in [0.29, 0.717) is 44.5 Å². The van der Waals surface area contributed by atoms with Crippen LogP contribution in [0.1, 0.15) is 36.6 Å². The van der Waals surface area contributed by atoms with Gasteiger partial charge in [0.1, 0.15) is 5.75 Å². The molecule has 0 saturated heterocycles. The minimum Gasteiger partial charge on any atom is -0.494 e. The topological polar surface area (TPSA) is 77.6 Å². The number of fused-ring (bicyclic) bond motifs is 2. The van der Waals surface area contributed by atoms with Crippen molar-refractivity contribution < 1.29 is 9.53 Å². The Balaban J connectivity index is 1.35. The fraction of sp³-hybridized carbons (Fsp3) is 0.132. The first kappa shape index (κ1) is 30.5. The fourth-order valence-electron chi connectivity index (χ4n) is 6.01. The largest absolute Gasteiger partial charge is 0.494 e. The maximum Gasteiger partial charge on any atom is 0.271 e. The third-order valence-electron chi connectivity index (χ3n) is 8.18. The van der Waals surface area contributed by atoms with Crippen LogP contribution in [0, 0.1) is 0 Å². The van der Waals surface area contributed by atoms with Crippen molar-refractivity contribution in [3.05, 3.63) is 162 Å². The van der Waals surface area contributed by atoms with E-state index in [9.17, 15) is 9.59 Å². The lowest BCUT2D eigenvalue weighted by atomic mass is 9.95. The van der Waals surface area contributed by atoms with Gasteiger partial charge >= 0.3 is 0 Å². The number of carbonyl (C=O) groups is 1. The lowest BCUT2D eigenvalue weighted by molar-refractivity contribution is -0.113. The van der Waals surface area contributed by atoms with E-state index in [4.69, 9.17) is 21.3 Å². The Morgan fingerprint density at radius 3 is 2.45 bits per heavy atom. The number of rotatable bonds is 8. The monoisotopic (exact) mass is 658 g/mol. The van der Waals surface area contributed by atoms with Gasteiger partial charge in [-0.05, 0) is 73.5 Å². The highest BCUT2D eigenvalue weighted by Crippen LogP contribution is 2.32. The molecule has 234 valence electrons. The molecular formula is C38H31ClN4O3S. The van der Waals surface area contributed by atoms with Gasteiger partial charge in [0, 0.05) is 39.9 Å². The van der Waals surface area contributed by atoms with Crippen molar-refractivity contribution >= 4 is 51.5 Å². The molecule has 1 atom stereocenters. The molecule has 1 aliphatic rings. The second-order valence-corrected chi connectivity index (χ2v) is 12.7. The zero-order valence-corrected chi connectivity index (χ0v) is 27.4. The number of amides is 1. The van der Waals surface area contributed by atoms with E-state index in [1.165, 1.54) is 11.3 Å². The van der Waals surface area contributed by atoms with Crippen molar-refractivity contribution in [2.45, 2.75) is 26.4 Å².